The molecule has 3 nitrogen and oxygen atoms in total. The Balaban J connectivity index is 3.31. The minimum atomic E-state index is -0.925. The maximum Gasteiger partial charge on any atom is 0.172 e. The molecular formula is C11H16O3. The van der Waals surface area contributed by atoms with E-state index in [0.717, 1.165) is 0 Å². The van der Waals surface area contributed by atoms with Gasteiger partial charge >= 0.3 is 0 Å². The molecule has 0 spiro atoms. The zero-order chi connectivity index (χ0) is 11.1. The first-order valence-corrected chi connectivity index (χ1v) is 4.60. The number of ketones is 2. The van der Waals surface area contributed by atoms with Crippen molar-refractivity contribution >= 4 is 11.6 Å². The van der Waals surface area contributed by atoms with Crippen LogP contribution < -0.4 is 0 Å². The number of carbonyl (C=O) groups is 2. The van der Waals surface area contributed by atoms with Crippen molar-refractivity contribution in [3.05, 3.63) is 11.8 Å². The predicted molar refractivity (Wildman–Crippen MR) is 52.7 cm³/mol. The molecule has 0 saturated heterocycles. The van der Waals surface area contributed by atoms with Crippen LogP contribution in [0.4, 0.5) is 0 Å². The Kier molecular flexibility index (Phi) is 2.30. The summed E-state index contributed by atoms with van der Waals surface area (Å²) in [4.78, 5) is 23.6. The first kappa shape index (κ1) is 11.0. The van der Waals surface area contributed by atoms with Gasteiger partial charge in [0, 0.05) is 6.08 Å². The molecule has 0 heterocycles. The summed E-state index contributed by atoms with van der Waals surface area (Å²) in [5, 5.41) is 0. The maximum absolute atomic E-state index is 12.0. The summed E-state index contributed by atoms with van der Waals surface area (Å²) in [7, 11) is 1.48. The van der Waals surface area contributed by atoms with Crippen LogP contribution in [0.25, 0.3) is 0 Å². The van der Waals surface area contributed by atoms with Crippen molar-refractivity contribution in [3.63, 3.8) is 0 Å². The van der Waals surface area contributed by atoms with Crippen LogP contribution in [0.5, 0.6) is 0 Å². The third kappa shape index (κ3) is 1.27. The molecule has 1 rings (SSSR count). The second-order valence-electron chi connectivity index (χ2n) is 4.66. The van der Waals surface area contributed by atoms with E-state index in [-0.39, 0.29) is 11.6 Å². The average Bonchev–Trinajstić information content (AvgIpc) is 2.09. The second kappa shape index (κ2) is 2.94. The number of carbonyl (C=O) groups excluding carboxylic acids is 2. The average molecular weight is 196 g/mol. The number of hydrogen-bond acceptors (Lipinski definition) is 3. The van der Waals surface area contributed by atoms with Crippen LogP contribution in [0.1, 0.15) is 27.7 Å². The van der Waals surface area contributed by atoms with Crippen molar-refractivity contribution in [2.24, 2.45) is 10.8 Å². The van der Waals surface area contributed by atoms with Crippen molar-refractivity contribution < 1.29 is 14.3 Å². The molecule has 0 atom stereocenters. The van der Waals surface area contributed by atoms with E-state index in [0.29, 0.717) is 5.76 Å². The second-order valence-corrected chi connectivity index (χ2v) is 4.66. The molecule has 0 aliphatic heterocycles. The van der Waals surface area contributed by atoms with Gasteiger partial charge in [0.15, 0.2) is 11.6 Å². The molecule has 3 heteroatoms. The highest BCUT2D eigenvalue weighted by atomic mass is 16.5. The quantitative estimate of drug-likeness (QED) is 0.600. The van der Waals surface area contributed by atoms with Gasteiger partial charge in [-0.3, -0.25) is 9.59 Å². The lowest BCUT2D eigenvalue weighted by atomic mass is 9.66. The normalized spacial score (nSPS) is 24.5. The van der Waals surface area contributed by atoms with Crippen molar-refractivity contribution in [1.29, 1.82) is 0 Å². The van der Waals surface area contributed by atoms with Crippen molar-refractivity contribution in [3.8, 4) is 0 Å². The van der Waals surface area contributed by atoms with Gasteiger partial charge in [-0.15, -0.1) is 0 Å². The third-order valence-electron chi connectivity index (χ3n) is 2.85. The zero-order valence-electron chi connectivity index (χ0n) is 9.30. The summed E-state index contributed by atoms with van der Waals surface area (Å²) >= 11 is 0. The summed E-state index contributed by atoms with van der Waals surface area (Å²) in [6.45, 7) is 6.86. The van der Waals surface area contributed by atoms with Gasteiger partial charge in [0.25, 0.3) is 0 Å². The van der Waals surface area contributed by atoms with E-state index < -0.39 is 10.8 Å². The molecule has 0 aromatic carbocycles. The van der Waals surface area contributed by atoms with Crippen LogP contribution in [-0.4, -0.2) is 18.7 Å². The summed E-state index contributed by atoms with van der Waals surface area (Å²) in [6.07, 6.45) is 1.43. The van der Waals surface area contributed by atoms with Gasteiger partial charge in [-0.25, -0.2) is 0 Å². The summed E-state index contributed by atoms with van der Waals surface area (Å²) < 4.78 is 5.06. The Labute approximate surface area is 84.1 Å². The van der Waals surface area contributed by atoms with Gasteiger partial charge in [-0.05, 0) is 27.7 Å². The Morgan fingerprint density at radius 2 is 1.57 bits per heavy atom. The van der Waals surface area contributed by atoms with E-state index in [1.807, 2.05) is 0 Å². The third-order valence-corrected chi connectivity index (χ3v) is 2.85. The first-order valence-electron chi connectivity index (χ1n) is 4.60. The van der Waals surface area contributed by atoms with Gasteiger partial charge in [-0.2, -0.15) is 0 Å². The van der Waals surface area contributed by atoms with Crippen LogP contribution in [0, 0.1) is 10.8 Å². The lowest BCUT2D eigenvalue weighted by molar-refractivity contribution is -0.144. The first-order chi connectivity index (χ1) is 6.24. The largest absolute Gasteiger partial charge is 0.500 e. The van der Waals surface area contributed by atoms with E-state index in [2.05, 4.69) is 0 Å². The highest BCUT2D eigenvalue weighted by Crippen LogP contribution is 2.40. The van der Waals surface area contributed by atoms with Crippen LogP contribution in [0.3, 0.4) is 0 Å². The van der Waals surface area contributed by atoms with Crippen LogP contribution in [0.15, 0.2) is 11.8 Å². The Hall–Kier alpha value is -1.12. The number of hydrogen-bond donors (Lipinski definition) is 0. The molecule has 0 aromatic heterocycles. The number of rotatable bonds is 1. The lowest BCUT2D eigenvalue weighted by Crippen LogP contribution is -2.46. The van der Waals surface area contributed by atoms with Crippen LogP contribution in [-0.2, 0) is 14.3 Å². The van der Waals surface area contributed by atoms with E-state index in [1.165, 1.54) is 13.2 Å². The molecule has 0 radical (unpaired) electrons. The van der Waals surface area contributed by atoms with E-state index in [1.54, 1.807) is 27.7 Å². The summed E-state index contributed by atoms with van der Waals surface area (Å²) in [5.41, 5.74) is -1.63. The molecule has 0 bridgehead atoms. The number of methoxy groups -OCH3 is 1. The van der Waals surface area contributed by atoms with E-state index in [4.69, 9.17) is 4.74 Å². The molecule has 0 aromatic rings. The fourth-order valence-corrected chi connectivity index (χ4v) is 1.80. The molecule has 14 heavy (non-hydrogen) atoms. The van der Waals surface area contributed by atoms with Crippen LogP contribution >= 0.6 is 0 Å². The molecule has 0 N–H and O–H groups in total. The molecule has 1 aliphatic rings. The molecule has 1 aliphatic carbocycles. The number of ether oxygens (including phenoxy) is 1. The molecular weight excluding hydrogens is 180 g/mol. The van der Waals surface area contributed by atoms with E-state index >= 15 is 0 Å². The van der Waals surface area contributed by atoms with Crippen LogP contribution in [0.2, 0.25) is 0 Å². The SMILES string of the molecule is COC1=CC(=O)C(C)(C)C(=O)C1(C)C. The smallest absolute Gasteiger partial charge is 0.172 e. The zero-order valence-corrected chi connectivity index (χ0v) is 9.30. The molecule has 0 unspecified atom stereocenters. The molecule has 78 valence electrons. The Morgan fingerprint density at radius 1 is 1.07 bits per heavy atom. The minimum absolute atomic E-state index is 0.0886. The standard InChI is InChI=1S/C11H16O3/c1-10(2)7(12)6-8(14-5)11(3,4)9(10)13/h6H,1-5H3. The van der Waals surface area contributed by atoms with Crippen molar-refractivity contribution in [2.45, 2.75) is 27.7 Å². The lowest BCUT2D eigenvalue weighted by Gasteiger charge is -2.36. The number of allylic oxidation sites excluding steroid dienone is 2. The molecule has 0 amide bonds. The monoisotopic (exact) mass is 196 g/mol. The fraction of sp³-hybridized carbons (Fsp3) is 0.636. The maximum atomic E-state index is 12.0. The Bertz CT molecular complexity index is 321. The summed E-state index contributed by atoms with van der Waals surface area (Å²) in [5.74, 6) is 0.180. The fourth-order valence-electron chi connectivity index (χ4n) is 1.80. The minimum Gasteiger partial charge on any atom is -0.500 e. The van der Waals surface area contributed by atoms with Gasteiger partial charge in [0.1, 0.15) is 5.76 Å². The van der Waals surface area contributed by atoms with Gasteiger partial charge < -0.3 is 4.74 Å². The predicted octanol–water partition coefficient (Wildman–Crippen LogP) is 1.72. The highest BCUT2D eigenvalue weighted by molar-refractivity contribution is 6.16. The topological polar surface area (TPSA) is 43.4 Å². The van der Waals surface area contributed by atoms with Gasteiger partial charge in [0.2, 0.25) is 0 Å². The van der Waals surface area contributed by atoms with Crippen molar-refractivity contribution in [2.75, 3.05) is 7.11 Å². The summed E-state index contributed by atoms with van der Waals surface area (Å²) in [6, 6.07) is 0. The Morgan fingerprint density at radius 3 is 2.00 bits per heavy atom. The number of Topliss-reactive ketones (excluding diaryl/α,β-unsaturated/α-hetero) is 1. The van der Waals surface area contributed by atoms with E-state index in [9.17, 15) is 9.59 Å². The molecule has 0 fully saturated rings. The molecule has 0 saturated carbocycles. The van der Waals surface area contributed by atoms with Crippen molar-refractivity contribution in [1.82, 2.24) is 0 Å². The van der Waals surface area contributed by atoms with Gasteiger partial charge in [-0.1, -0.05) is 0 Å². The van der Waals surface area contributed by atoms with Gasteiger partial charge in [0.05, 0.1) is 17.9 Å². The highest BCUT2D eigenvalue weighted by Gasteiger charge is 2.49.